The molecule has 1 heterocycles. The molecule has 2 rings (SSSR count). The molecule has 6 heteroatoms. The third-order valence-corrected chi connectivity index (χ3v) is 3.57. The maximum absolute atomic E-state index is 5.12. The molecule has 2 N–H and O–H groups in total. The highest BCUT2D eigenvalue weighted by Gasteiger charge is 2.04. The summed E-state index contributed by atoms with van der Waals surface area (Å²) in [5.74, 6) is 0.821. The molecule has 0 spiro atoms. The van der Waals surface area contributed by atoms with Crippen molar-refractivity contribution < 1.29 is 4.74 Å². The summed E-state index contributed by atoms with van der Waals surface area (Å²) in [6, 6.07) is 10.9. The second kappa shape index (κ2) is 10.5. The number of para-hydroxylation sites is 1. The van der Waals surface area contributed by atoms with Gasteiger partial charge in [-0.15, -0.1) is 24.0 Å². The lowest BCUT2D eigenvalue weighted by Crippen LogP contribution is -2.44. The van der Waals surface area contributed by atoms with E-state index in [2.05, 4.69) is 63.6 Å². The summed E-state index contributed by atoms with van der Waals surface area (Å²) in [5.41, 5.74) is 1.29. The summed E-state index contributed by atoms with van der Waals surface area (Å²) in [7, 11) is 3.49. The number of hydrogen-bond acceptors (Lipinski definition) is 2. The lowest BCUT2D eigenvalue weighted by molar-refractivity contribution is 0.179. The highest BCUT2D eigenvalue weighted by Crippen LogP contribution is 2.15. The molecular weight excluding hydrogens is 403 g/mol. The molecule has 0 aliphatic rings. The molecule has 0 aliphatic heterocycles. The average molecular weight is 430 g/mol. The van der Waals surface area contributed by atoms with Gasteiger partial charge >= 0.3 is 0 Å². The summed E-state index contributed by atoms with van der Waals surface area (Å²) in [5, 5.41) is 7.93. The number of aryl methyl sites for hydroxylation is 1. The van der Waals surface area contributed by atoms with Crippen molar-refractivity contribution in [3.8, 4) is 0 Å². The zero-order valence-electron chi connectivity index (χ0n) is 14.1. The summed E-state index contributed by atoms with van der Waals surface area (Å²) in [4.78, 5) is 4.23. The molecule has 0 saturated carbocycles. The summed E-state index contributed by atoms with van der Waals surface area (Å²) in [6.07, 6.45) is 3.19. The molecule has 1 aromatic heterocycles. The van der Waals surface area contributed by atoms with Gasteiger partial charge in [-0.05, 0) is 30.9 Å². The highest BCUT2D eigenvalue weighted by molar-refractivity contribution is 14.0. The minimum Gasteiger partial charge on any atom is -0.383 e. The number of benzene rings is 1. The lowest BCUT2D eigenvalue weighted by atomic mass is 10.2. The lowest BCUT2D eigenvalue weighted by Gasteiger charge is -2.17. The van der Waals surface area contributed by atoms with E-state index in [4.69, 9.17) is 4.74 Å². The van der Waals surface area contributed by atoms with Crippen LogP contribution in [0.4, 0.5) is 0 Å². The quantitative estimate of drug-likeness (QED) is 0.308. The SMILES string of the molecule is CN=C(NCCCn1ccc2ccccc21)NC(C)COC.I. The van der Waals surface area contributed by atoms with E-state index in [1.807, 2.05) is 0 Å². The van der Waals surface area contributed by atoms with Crippen molar-refractivity contribution in [3.05, 3.63) is 36.5 Å². The number of hydrogen-bond donors (Lipinski definition) is 2. The maximum atomic E-state index is 5.12. The van der Waals surface area contributed by atoms with Gasteiger partial charge in [0.05, 0.1) is 6.61 Å². The van der Waals surface area contributed by atoms with Gasteiger partial charge in [0.1, 0.15) is 0 Å². The fraction of sp³-hybridized carbons (Fsp3) is 0.471. The fourth-order valence-electron chi connectivity index (χ4n) is 2.51. The van der Waals surface area contributed by atoms with Crippen molar-refractivity contribution in [2.45, 2.75) is 25.9 Å². The van der Waals surface area contributed by atoms with Crippen LogP contribution < -0.4 is 10.6 Å². The van der Waals surface area contributed by atoms with Crippen molar-refractivity contribution in [3.63, 3.8) is 0 Å². The number of aliphatic imine (C=N–C) groups is 1. The van der Waals surface area contributed by atoms with E-state index in [0.29, 0.717) is 6.61 Å². The van der Waals surface area contributed by atoms with Gasteiger partial charge in [0.15, 0.2) is 5.96 Å². The maximum Gasteiger partial charge on any atom is 0.191 e. The number of guanidine groups is 1. The third kappa shape index (κ3) is 6.02. The van der Waals surface area contributed by atoms with Crippen LogP contribution in [0.3, 0.4) is 0 Å². The molecule has 1 unspecified atom stereocenters. The van der Waals surface area contributed by atoms with Gasteiger partial charge in [0, 0.05) is 45.0 Å². The molecule has 0 bridgehead atoms. The normalized spacial score (nSPS) is 12.7. The number of halogens is 1. The van der Waals surface area contributed by atoms with Gasteiger partial charge in [-0.2, -0.15) is 0 Å². The second-order valence-corrected chi connectivity index (χ2v) is 5.42. The predicted octanol–water partition coefficient (Wildman–Crippen LogP) is 2.85. The van der Waals surface area contributed by atoms with Crippen LogP contribution in [0.2, 0.25) is 0 Å². The van der Waals surface area contributed by atoms with Gasteiger partial charge in [0.25, 0.3) is 0 Å². The van der Waals surface area contributed by atoms with Gasteiger partial charge in [0.2, 0.25) is 0 Å². The van der Waals surface area contributed by atoms with Gasteiger partial charge in [-0.1, -0.05) is 18.2 Å². The first-order chi connectivity index (χ1) is 10.7. The first-order valence-electron chi connectivity index (χ1n) is 7.74. The number of rotatable bonds is 7. The van der Waals surface area contributed by atoms with E-state index in [-0.39, 0.29) is 30.0 Å². The minimum absolute atomic E-state index is 0. The Morgan fingerprint density at radius 2 is 2.09 bits per heavy atom. The second-order valence-electron chi connectivity index (χ2n) is 5.42. The van der Waals surface area contributed by atoms with Crippen LogP contribution >= 0.6 is 24.0 Å². The first-order valence-corrected chi connectivity index (χ1v) is 7.74. The molecule has 0 fully saturated rings. The Labute approximate surface area is 155 Å². The number of fused-ring (bicyclic) bond motifs is 1. The zero-order chi connectivity index (χ0) is 15.8. The molecule has 1 atom stereocenters. The predicted molar refractivity (Wildman–Crippen MR) is 108 cm³/mol. The molecular formula is C17H27IN4O. The Hall–Kier alpha value is -1.28. The Bertz CT molecular complexity index is 611. The van der Waals surface area contributed by atoms with Crippen LogP contribution in [-0.2, 0) is 11.3 Å². The van der Waals surface area contributed by atoms with Crippen LogP contribution in [0, 0.1) is 0 Å². The van der Waals surface area contributed by atoms with E-state index in [1.54, 1.807) is 14.2 Å². The first kappa shape index (κ1) is 19.8. The number of aromatic nitrogens is 1. The monoisotopic (exact) mass is 430 g/mol. The number of nitrogens with zero attached hydrogens (tertiary/aromatic N) is 2. The standard InChI is InChI=1S/C17H26N4O.HI/c1-14(13-22-3)20-17(18-2)19-10-6-11-21-12-9-15-7-4-5-8-16(15)21;/h4-5,7-9,12,14H,6,10-11,13H2,1-3H3,(H2,18,19,20);1H. The van der Waals surface area contributed by atoms with E-state index < -0.39 is 0 Å². The molecule has 23 heavy (non-hydrogen) atoms. The molecule has 0 aliphatic carbocycles. The molecule has 128 valence electrons. The number of ether oxygens (including phenoxy) is 1. The largest absolute Gasteiger partial charge is 0.383 e. The van der Waals surface area contributed by atoms with E-state index in [9.17, 15) is 0 Å². The fourth-order valence-corrected chi connectivity index (χ4v) is 2.51. The summed E-state index contributed by atoms with van der Waals surface area (Å²) in [6.45, 7) is 4.61. The van der Waals surface area contributed by atoms with Gasteiger partial charge in [-0.25, -0.2) is 0 Å². The molecule has 2 aromatic rings. The zero-order valence-corrected chi connectivity index (χ0v) is 16.4. The molecule has 0 saturated heterocycles. The van der Waals surface area contributed by atoms with Crippen molar-refractivity contribution in [2.75, 3.05) is 27.3 Å². The number of nitrogens with one attached hydrogen (secondary N) is 2. The van der Waals surface area contributed by atoms with Crippen LogP contribution in [0.1, 0.15) is 13.3 Å². The molecule has 1 aromatic carbocycles. The van der Waals surface area contributed by atoms with E-state index >= 15 is 0 Å². The van der Waals surface area contributed by atoms with E-state index in [1.165, 1.54) is 10.9 Å². The molecule has 0 radical (unpaired) electrons. The van der Waals surface area contributed by atoms with Gasteiger partial charge < -0.3 is 19.9 Å². The topological polar surface area (TPSA) is 50.6 Å². The highest BCUT2D eigenvalue weighted by atomic mass is 127. The Kier molecular flexibility index (Phi) is 9.01. The molecule has 5 nitrogen and oxygen atoms in total. The van der Waals surface area contributed by atoms with Crippen LogP contribution in [0.5, 0.6) is 0 Å². The van der Waals surface area contributed by atoms with E-state index in [0.717, 1.165) is 25.5 Å². The van der Waals surface area contributed by atoms with Crippen LogP contribution in [0.15, 0.2) is 41.5 Å². The number of methoxy groups -OCH3 is 1. The molecule has 0 amide bonds. The van der Waals surface area contributed by atoms with Crippen molar-refractivity contribution >= 4 is 40.8 Å². The Morgan fingerprint density at radius 3 is 2.83 bits per heavy atom. The summed E-state index contributed by atoms with van der Waals surface area (Å²) < 4.78 is 7.41. The average Bonchev–Trinajstić information content (AvgIpc) is 2.94. The van der Waals surface area contributed by atoms with Crippen LogP contribution in [-0.4, -0.2) is 43.9 Å². The summed E-state index contributed by atoms with van der Waals surface area (Å²) >= 11 is 0. The van der Waals surface area contributed by atoms with Crippen molar-refractivity contribution in [1.82, 2.24) is 15.2 Å². The Balaban J connectivity index is 0.00000264. The Morgan fingerprint density at radius 1 is 1.30 bits per heavy atom. The smallest absolute Gasteiger partial charge is 0.191 e. The van der Waals surface area contributed by atoms with Crippen LogP contribution in [0.25, 0.3) is 10.9 Å². The third-order valence-electron chi connectivity index (χ3n) is 3.57. The van der Waals surface area contributed by atoms with Crippen molar-refractivity contribution in [1.29, 1.82) is 0 Å². The van der Waals surface area contributed by atoms with Crippen molar-refractivity contribution in [2.24, 2.45) is 4.99 Å². The minimum atomic E-state index is 0. The van der Waals surface area contributed by atoms with Gasteiger partial charge in [-0.3, -0.25) is 4.99 Å².